The van der Waals surface area contributed by atoms with E-state index < -0.39 is 0 Å². The molecule has 1 amide bonds. The lowest BCUT2D eigenvalue weighted by atomic mass is 9.95. The van der Waals surface area contributed by atoms with Crippen molar-refractivity contribution in [3.05, 3.63) is 36.0 Å². The van der Waals surface area contributed by atoms with Crippen LogP contribution in [0, 0.1) is 6.92 Å². The van der Waals surface area contributed by atoms with E-state index in [9.17, 15) is 4.79 Å². The molecule has 0 bridgehead atoms. The maximum Gasteiger partial charge on any atom is 0.234 e. The molecule has 6 nitrogen and oxygen atoms in total. The molecule has 25 heavy (non-hydrogen) atoms. The number of aromatic nitrogens is 2. The van der Waals surface area contributed by atoms with Crippen molar-refractivity contribution in [2.45, 2.75) is 50.8 Å². The molecular weight excluding hydrogens is 336 g/mol. The Kier molecular flexibility index (Phi) is 6.33. The quantitative estimate of drug-likeness (QED) is 0.777. The van der Waals surface area contributed by atoms with Crippen molar-refractivity contribution in [2.24, 2.45) is 0 Å². The first-order chi connectivity index (χ1) is 12.2. The number of carbonyl (C=O) groups excluding carboxylic acids is 1. The number of thioether (sulfide) groups is 1. The number of anilines is 2. The first-order valence-corrected chi connectivity index (χ1v) is 9.88. The second-order valence-corrected chi connectivity index (χ2v) is 7.31. The molecule has 0 radical (unpaired) electrons. The first-order valence-electron chi connectivity index (χ1n) is 8.72. The number of aryl methyl sites for hydroxylation is 1. The Morgan fingerprint density at radius 1 is 1.20 bits per heavy atom. The van der Waals surface area contributed by atoms with Crippen molar-refractivity contribution in [1.29, 1.82) is 0 Å². The van der Waals surface area contributed by atoms with Gasteiger partial charge in [-0.1, -0.05) is 24.4 Å². The maximum absolute atomic E-state index is 12.0. The van der Waals surface area contributed by atoms with Gasteiger partial charge in [-0.15, -0.1) is 11.8 Å². The molecule has 1 aromatic carbocycles. The molecule has 0 atom stereocenters. The van der Waals surface area contributed by atoms with Gasteiger partial charge >= 0.3 is 0 Å². The fourth-order valence-electron chi connectivity index (χ4n) is 2.96. The lowest BCUT2D eigenvalue weighted by Gasteiger charge is -2.23. The van der Waals surface area contributed by atoms with Crippen molar-refractivity contribution in [3.63, 3.8) is 0 Å². The predicted octanol–water partition coefficient (Wildman–Crippen LogP) is 3.99. The van der Waals surface area contributed by atoms with Crippen molar-refractivity contribution in [2.75, 3.05) is 16.4 Å². The van der Waals surface area contributed by atoms with Crippen LogP contribution in [-0.2, 0) is 10.5 Å². The fourth-order valence-corrected chi connectivity index (χ4v) is 3.62. The van der Waals surface area contributed by atoms with Crippen LogP contribution < -0.4 is 10.6 Å². The maximum atomic E-state index is 12.0. The molecule has 0 unspecified atom stereocenters. The number of hydrogen-bond acceptors (Lipinski definition) is 6. The summed E-state index contributed by atoms with van der Waals surface area (Å²) in [5, 5.41) is 10.3. The molecule has 7 heteroatoms. The van der Waals surface area contributed by atoms with E-state index in [2.05, 4.69) is 20.8 Å². The van der Waals surface area contributed by atoms with Gasteiger partial charge in [0, 0.05) is 24.3 Å². The van der Waals surface area contributed by atoms with Gasteiger partial charge in [-0.25, -0.2) is 0 Å². The normalized spacial score (nSPS) is 15.1. The molecule has 1 aromatic heterocycles. The molecule has 3 rings (SSSR count). The zero-order chi connectivity index (χ0) is 17.5. The Balaban J connectivity index is 1.40. The molecule has 1 aliphatic rings. The van der Waals surface area contributed by atoms with Crippen molar-refractivity contribution in [1.82, 2.24) is 10.1 Å². The molecular formula is C18H24N4O2S. The molecule has 0 saturated heterocycles. The third kappa shape index (κ3) is 5.77. The molecule has 1 heterocycles. The highest BCUT2D eigenvalue weighted by atomic mass is 32.2. The van der Waals surface area contributed by atoms with Crippen LogP contribution in [0.2, 0.25) is 0 Å². The van der Waals surface area contributed by atoms with Crippen LogP contribution in [0.3, 0.4) is 0 Å². The van der Waals surface area contributed by atoms with Gasteiger partial charge in [-0.05, 0) is 37.1 Å². The van der Waals surface area contributed by atoms with Crippen LogP contribution in [-0.4, -0.2) is 27.8 Å². The molecule has 134 valence electrons. The Morgan fingerprint density at radius 3 is 2.60 bits per heavy atom. The summed E-state index contributed by atoms with van der Waals surface area (Å²) in [7, 11) is 0. The Labute approximate surface area is 152 Å². The summed E-state index contributed by atoms with van der Waals surface area (Å²) < 4.78 is 4.90. The topological polar surface area (TPSA) is 80.0 Å². The highest BCUT2D eigenvalue weighted by molar-refractivity contribution is 7.99. The SMILES string of the molecule is Cc1nc(CSCC(=O)Nc2ccc(NC3CCCCC3)cc2)no1. The van der Waals surface area contributed by atoms with E-state index in [0.29, 0.717) is 29.3 Å². The minimum atomic E-state index is -0.0294. The van der Waals surface area contributed by atoms with E-state index in [4.69, 9.17) is 4.52 Å². The predicted molar refractivity (Wildman–Crippen MR) is 101 cm³/mol. The van der Waals surface area contributed by atoms with Gasteiger partial charge < -0.3 is 15.2 Å². The summed E-state index contributed by atoms with van der Waals surface area (Å²) in [6.07, 6.45) is 6.47. The molecule has 2 N–H and O–H groups in total. The number of amides is 1. The fraction of sp³-hybridized carbons (Fsp3) is 0.500. The van der Waals surface area contributed by atoms with E-state index in [-0.39, 0.29) is 5.91 Å². The van der Waals surface area contributed by atoms with Crippen LogP contribution in [0.25, 0.3) is 0 Å². The average Bonchev–Trinajstić information content (AvgIpc) is 3.03. The minimum absolute atomic E-state index is 0.0294. The second-order valence-electron chi connectivity index (χ2n) is 6.33. The molecule has 2 aromatic rings. The van der Waals surface area contributed by atoms with Crippen LogP contribution in [0.4, 0.5) is 11.4 Å². The Morgan fingerprint density at radius 2 is 1.92 bits per heavy atom. The van der Waals surface area contributed by atoms with Crippen molar-refractivity contribution in [3.8, 4) is 0 Å². The first kappa shape index (κ1) is 17.8. The van der Waals surface area contributed by atoms with Crippen molar-refractivity contribution < 1.29 is 9.32 Å². The standard InChI is InChI=1S/C18H24N4O2S/c1-13-19-17(22-24-13)11-25-12-18(23)21-16-9-7-15(8-10-16)20-14-5-3-2-4-6-14/h7-10,14,20H,2-6,11-12H2,1H3,(H,21,23). The lowest BCUT2D eigenvalue weighted by molar-refractivity contribution is -0.113. The van der Waals surface area contributed by atoms with Gasteiger partial charge in [0.2, 0.25) is 11.8 Å². The van der Waals surface area contributed by atoms with Crippen LogP contribution in [0.5, 0.6) is 0 Å². The lowest BCUT2D eigenvalue weighted by Crippen LogP contribution is -2.22. The van der Waals surface area contributed by atoms with Gasteiger partial charge in [0.1, 0.15) is 0 Å². The zero-order valence-corrected chi connectivity index (χ0v) is 15.3. The second kappa shape index (κ2) is 8.89. The Bertz CT molecular complexity index is 681. The van der Waals surface area contributed by atoms with E-state index in [1.165, 1.54) is 43.9 Å². The minimum Gasteiger partial charge on any atom is -0.382 e. The van der Waals surface area contributed by atoms with Crippen molar-refractivity contribution >= 4 is 29.0 Å². The van der Waals surface area contributed by atoms with Crippen LogP contribution in [0.1, 0.15) is 43.8 Å². The summed E-state index contributed by atoms with van der Waals surface area (Å²) >= 11 is 1.46. The molecule has 0 spiro atoms. The monoisotopic (exact) mass is 360 g/mol. The number of nitrogens with zero attached hydrogens (tertiary/aromatic N) is 2. The zero-order valence-electron chi connectivity index (χ0n) is 14.5. The van der Waals surface area contributed by atoms with E-state index in [1.807, 2.05) is 24.3 Å². The number of carbonyl (C=O) groups is 1. The van der Waals surface area contributed by atoms with Gasteiger partial charge in [-0.3, -0.25) is 4.79 Å². The number of hydrogen-bond donors (Lipinski definition) is 2. The molecule has 1 saturated carbocycles. The van der Waals surface area contributed by atoms with Gasteiger partial charge in [0.05, 0.1) is 11.5 Å². The highest BCUT2D eigenvalue weighted by Gasteiger charge is 2.12. The summed E-state index contributed by atoms with van der Waals surface area (Å²) in [6, 6.07) is 8.52. The largest absolute Gasteiger partial charge is 0.382 e. The Hall–Kier alpha value is -2.02. The number of rotatable bonds is 7. The van der Waals surface area contributed by atoms with E-state index in [1.54, 1.807) is 6.92 Å². The van der Waals surface area contributed by atoms with Crippen LogP contribution in [0.15, 0.2) is 28.8 Å². The summed E-state index contributed by atoms with van der Waals surface area (Å²) in [4.78, 5) is 16.1. The summed E-state index contributed by atoms with van der Waals surface area (Å²) in [5.41, 5.74) is 1.93. The van der Waals surface area contributed by atoms with Crippen LogP contribution >= 0.6 is 11.8 Å². The van der Waals surface area contributed by atoms with Gasteiger partial charge in [0.25, 0.3) is 0 Å². The summed E-state index contributed by atoms with van der Waals surface area (Å²) in [6.45, 7) is 1.75. The molecule has 1 aliphatic carbocycles. The van der Waals surface area contributed by atoms with Gasteiger partial charge in [0.15, 0.2) is 5.82 Å². The average molecular weight is 360 g/mol. The number of nitrogens with one attached hydrogen (secondary N) is 2. The summed E-state index contributed by atoms with van der Waals surface area (Å²) in [5.74, 6) is 2.05. The van der Waals surface area contributed by atoms with E-state index in [0.717, 1.165) is 11.4 Å². The molecule has 1 fully saturated rings. The molecule has 0 aliphatic heterocycles. The highest BCUT2D eigenvalue weighted by Crippen LogP contribution is 2.22. The smallest absolute Gasteiger partial charge is 0.234 e. The third-order valence-electron chi connectivity index (χ3n) is 4.18. The van der Waals surface area contributed by atoms with Gasteiger partial charge in [-0.2, -0.15) is 4.98 Å². The number of benzene rings is 1. The van der Waals surface area contributed by atoms with E-state index >= 15 is 0 Å². The third-order valence-corrected chi connectivity index (χ3v) is 5.11.